The Morgan fingerprint density at radius 2 is 2.05 bits per heavy atom. The smallest absolute Gasteiger partial charge is 0.365 e. The number of carboxylic acids is 1. The summed E-state index contributed by atoms with van der Waals surface area (Å²) in [5.74, 6) is -0.193. The highest BCUT2D eigenvalue weighted by atomic mass is 32.1. The molecule has 0 aliphatic carbocycles. The first-order valence-corrected chi connectivity index (χ1v) is 7.16. The summed E-state index contributed by atoms with van der Waals surface area (Å²) in [5.41, 5.74) is 1.75. The Kier molecular flexibility index (Phi) is 4.09. The first-order chi connectivity index (χ1) is 9.38. The van der Waals surface area contributed by atoms with Crippen LogP contribution in [0.4, 0.5) is 0 Å². The summed E-state index contributed by atoms with van der Waals surface area (Å²) < 4.78 is 5.79. The number of ether oxygens (including phenoxy) is 1. The Morgan fingerprint density at radius 1 is 1.35 bits per heavy atom. The van der Waals surface area contributed by atoms with E-state index in [2.05, 4.69) is 25.8 Å². The molecule has 1 aromatic carbocycles. The van der Waals surface area contributed by atoms with Crippen molar-refractivity contribution < 1.29 is 14.6 Å². The van der Waals surface area contributed by atoms with Crippen molar-refractivity contribution >= 4 is 17.3 Å². The average Bonchev–Trinajstić information content (AvgIpc) is 2.84. The number of aromatic carboxylic acids is 1. The zero-order valence-corrected chi connectivity index (χ0v) is 12.5. The first kappa shape index (κ1) is 14.5. The van der Waals surface area contributed by atoms with E-state index in [9.17, 15) is 4.79 Å². The number of carboxylic acid groups (broad SMARTS) is 1. The van der Waals surface area contributed by atoms with Crippen molar-refractivity contribution in [3.63, 3.8) is 0 Å². The van der Waals surface area contributed by atoms with Gasteiger partial charge in [-0.05, 0) is 17.0 Å². The molecule has 2 aromatic rings. The summed E-state index contributed by atoms with van der Waals surface area (Å²) in [6.45, 7) is 6.65. The summed E-state index contributed by atoms with van der Waals surface area (Å²) >= 11 is 1.11. The molecule has 1 N–H and O–H groups in total. The maximum atomic E-state index is 10.8. The van der Waals surface area contributed by atoms with Gasteiger partial charge in [0.15, 0.2) is 0 Å². The van der Waals surface area contributed by atoms with Gasteiger partial charge in [-0.3, -0.25) is 0 Å². The lowest BCUT2D eigenvalue weighted by Gasteiger charge is -2.22. The van der Waals surface area contributed by atoms with E-state index in [1.54, 1.807) is 5.38 Å². The Balaban J connectivity index is 2.13. The number of carbonyl (C=O) groups is 1. The van der Waals surface area contributed by atoms with Crippen molar-refractivity contribution in [1.82, 2.24) is 4.98 Å². The second-order valence-corrected chi connectivity index (χ2v) is 6.34. The standard InChI is InChI=1S/C15H17NO3S/c1-15(2,3)11-6-4-5-7-12(11)19-8-10-9-20-13(16-10)14(17)18/h4-7,9H,8H2,1-3H3,(H,17,18). The molecule has 0 unspecified atom stereocenters. The highest BCUT2D eigenvalue weighted by Gasteiger charge is 2.18. The van der Waals surface area contributed by atoms with Crippen LogP contribution in [-0.4, -0.2) is 16.1 Å². The molecule has 0 radical (unpaired) electrons. The van der Waals surface area contributed by atoms with Crippen LogP contribution >= 0.6 is 11.3 Å². The first-order valence-electron chi connectivity index (χ1n) is 6.28. The normalized spacial score (nSPS) is 11.3. The van der Waals surface area contributed by atoms with Crippen molar-refractivity contribution in [2.45, 2.75) is 32.8 Å². The monoisotopic (exact) mass is 291 g/mol. The second-order valence-electron chi connectivity index (χ2n) is 5.48. The van der Waals surface area contributed by atoms with Crippen LogP contribution < -0.4 is 4.74 Å². The van der Waals surface area contributed by atoms with Crippen molar-refractivity contribution in [3.05, 3.63) is 45.9 Å². The molecule has 5 heteroatoms. The predicted molar refractivity (Wildman–Crippen MR) is 78.5 cm³/mol. The van der Waals surface area contributed by atoms with Crippen LogP contribution in [-0.2, 0) is 12.0 Å². The molecular weight excluding hydrogens is 274 g/mol. The van der Waals surface area contributed by atoms with Gasteiger partial charge in [-0.2, -0.15) is 0 Å². The fourth-order valence-electron chi connectivity index (χ4n) is 1.84. The fourth-order valence-corrected chi connectivity index (χ4v) is 2.47. The number of rotatable bonds is 4. The largest absolute Gasteiger partial charge is 0.487 e. The molecule has 1 aromatic heterocycles. The van der Waals surface area contributed by atoms with Crippen LogP contribution in [0.2, 0.25) is 0 Å². The number of para-hydroxylation sites is 1. The molecule has 0 atom stereocenters. The van der Waals surface area contributed by atoms with Crippen molar-refractivity contribution in [2.24, 2.45) is 0 Å². The van der Waals surface area contributed by atoms with Crippen molar-refractivity contribution in [1.29, 1.82) is 0 Å². The number of benzene rings is 1. The molecule has 0 saturated heterocycles. The fraction of sp³-hybridized carbons (Fsp3) is 0.333. The molecule has 0 fully saturated rings. The van der Waals surface area contributed by atoms with Gasteiger partial charge in [-0.15, -0.1) is 11.3 Å². The van der Waals surface area contributed by atoms with E-state index in [4.69, 9.17) is 9.84 Å². The lowest BCUT2D eigenvalue weighted by atomic mass is 9.86. The molecule has 20 heavy (non-hydrogen) atoms. The molecule has 2 rings (SSSR count). The third-order valence-electron chi connectivity index (χ3n) is 2.81. The van der Waals surface area contributed by atoms with Gasteiger partial charge in [0, 0.05) is 5.38 Å². The Hall–Kier alpha value is -1.88. The van der Waals surface area contributed by atoms with Gasteiger partial charge >= 0.3 is 5.97 Å². The maximum absolute atomic E-state index is 10.8. The van der Waals surface area contributed by atoms with Gasteiger partial charge < -0.3 is 9.84 Å². The number of nitrogens with zero attached hydrogens (tertiary/aromatic N) is 1. The number of hydrogen-bond donors (Lipinski definition) is 1. The SMILES string of the molecule is CC(C)(C)c1ccccc1OCc1csc(C(=O)O)n1. The van der Waals surface area contributed by atoms with Crippen LogP contribution in [0.25, 0.3) is 0 Å². The minimum Gasteiger partial charge on any atom is -0.487 e. The number of aromatic nitrogens is 1. The minimum atomic E-state index is -1.00. The van der Waals surface area contributed by atoms with Gasteiger partial charge in [0.2, 0.25) is 5.01 Å². The summed E-state index contributed by atoms with van der Waals surface area (Å²) in [7, 11) is 0. The summed E-state index contributed by atoms with van der Waals surface area (Å²) in [6, 6.07) is 7.87. The van der Waals surface area contributed by atoms with E-state index in [1.165, 1.54) is 0 Å². The van der Waals surface area contributed by atoms with E-state index >= 15 is 0 Å². The molecule has 0 saturated carbocycles. The van der Waals surface area contributed by atoms with Crippen LogP contribution in [0.5, 0.6) is 5.75 Å². The molecule has 4 nitrogen and oxygen atoms in total. The molecule has 106 valence electrons. The Labute approximate surface area is 122 Å². The van der Waals surface area contributed by atoms with Gasteiger partial charge in [-0.1, -0.05) is 39.0 Å². The molecule has 0 spiro atoms. The van der Waals surface area contributed by atoms with E-state index in [-0.39, 0.29) is 17.0 Å². The highest BCUT2D eigenvalue weighted by Crippen LogP contribution is 2.31. The van der Waals surface area contributed by atoms with Gasteiger partial charge in [-0.25, -0.2) is 9.78 Å². The average molecular weight is 291 g/mol. The maximum Gasteiger partial charge on any atom is 0.365 e. The summed E-state index contributed by atoms with van der Waals surface area (Å²) in [4.78, 5) is 14.8. The topological polar surface area (TPSA) is 59.4 Å². The molecular formula is C15H17NO3S. The second kappa shape index (κ2) is 5.63. The van der Waals surface area contributed by atoms with Crippen LogP contribution in [0.15, 0.2) is 29.6 Å². The van der Waals surface area contributed by atoms with Gasteiger partial charge in [0.05, 0.1) is 5.69 Å². The summed E-state index contributed by atoms with van der Waals surface area (Å²) in [6.07, 6.45) is 0. The lowest BCUT2D eigenvalue weighted by Crippen LogP contribution is -2.13. The van der Waals surface area contributed by atoms with Crippen molar-refractivity contribution in [3.8, 4) is 5.75 Å². The zero-order chi connectivity index (χ0) is 14.8. The zero-order valence-electron chi connectivity index (χ0n) is 11.7. The Bertz CT molecular complexity index is 614. The van der Waals surface area contributed by atoms with Crippen LogP contribution in [0.1, 0.15) is 41.8 Å². The van der Waals surface area contributed by atoms with Gasteiger partial charge in [0.1, 0.15) is 12.4 Å². The number of thiazole rings is 1. The molecule has 0 aliphatic heterocycles. The molecule has 0 aliphatic rings. The third kappa shape index (κ3) is 3.36. The lowest BCUT2D eigenvalue weighted by molar-refractivity contribution is 0.0696. The van der Waals surface area contributed by atoms with Crippen LogP contribution in [0, 0.1) is 0 Å². The van der Waals surface area contributed by atoms with Gasteiger partial charge in [0.25, 0.3) is 0 Å². The van der Waals surface area contributed by atoms with Crippen LogP contribution in [0.3, 0.4) is 0 Å². The molecule has 0 bridgehead atoms. The van der Waals surface area contributed by atoms with E-state index in [1.807, 2.05) is 24.3 Å². The quantitative estimate of drug-likeness (QED) is 0.932. The molecule has 0 amide bonds. The van der Waals surface area contributed by atoms with Crippen molar-refractivity contribution in [2.75, 3.05) is 0 Å². The van der Waals surface area contributed by atoms with E-state index < -0.39 is 5.97 Å². The predicted octanol–water partition coefficient (Wildman–Crippen LogP) is 3.72. The van der Waals surface area contributed by atoms with E-state index in [0.29, 0.717) is 5.69 Å². The Morgan fingerprint density at radius 3 is 2.65 bits per heavy atom. The molecule has 1 heterocycles. The highest BCUT2D eigenvalue weighted by molar-refractivity contribution is 7.11. The summed E-state index contributed by atoms with van der Waals surface area (Å²) in [5, 5.41) is 10.6. The third-order valence-corrected chi connectivity index (χ3v) is 3.68. The van der Waals surface area contributed by atoms with E-state index in [0.717, 1.165) is 22.6 Å². The number of hydrogen-bond acceptors (Lipinski definition) is 4. The minimum absolute atomic E-state index is 0.00903.